The highest BCUT2D eigenvalue weighted by Gasteiger charge is 2.43. The molecule has 1 aromatic carbocycles. The zero-order valence-corrected chi connectivity index (χ0v) is 18.7. The van der Waals surface area contributed by atoms with Crippen molar-refractivity contribution in [3.8, 4) is 11.3 Å². The molecular weight excluding hydrogens is 443 g/mol. The molecule has 34 heavy (non-hydrogen) atoms. The number of carbonyl (C=O) groups is 1. The minimum Gasteiger partial charge on any atom is -0.327 e. The van der Waals surface area contributed by atoms with Gasteiger partial charge in [0.1, 0.15) is 5.65 Å². The lowest BCUT2D eigenvalue weighted by atomic mass is 9.81. The van der Waals surface area contributed by atoms with Crippen molar-refractivity contribution in [2.24, 2.45) is 7.05 Å². The van der Waals surface area contributed by atoms with Crippen molar-refractivity contribution in [2.75, 3.05) is 0 Å². The Labute approximate surface area is 193 Å². The highest BCUT2D eigenvalue weighted by molar-refractivity contribution is 5.95. The summed E-state index contributed by atoms with van der Waals surface area (Å²) in [6.07, 6.45) is 6.75. The molecule has 0 spiro atoms. The van der Waals surface area contributed by atoms with Crippen LogP contribution in [-0.4, -0.2) is 36.0 Å². The molecule has 4 aromatic rings. The van der Waals surface area contributed by atoms with Gasteiger partial charge < -0.3 is 9.30 Å². The maximum atomic E-state index is 14.0. The molecule has 0 saturated carbocycles. The van der Waals surface area contributed by atoms with Crippen molar-refractivity contribution in [3.63, 3.8) is 0 Å². The second-order valence-corrected chi connectivity index (χ2v) is 9.17. The van der Waals surface area contributed by atoms with E-state index in [1.54, 1.807) is 24.0 Å². The number of fused-ring (bicyclic) bond motifs is 5. The Morgan fingerprint density at radius 3 is 2.62 bits per heavy atom. The van der Waals surface area contributed by atoms with Crippen LogP contribution in [0.25, 0.3) is 16.9 Å². The first-order chi connectivity index (χ1) is 16.3. The van der Waals surface area contributed by atoms with Gasteiger partial charge >= 0.3 is 0 Å². The quantitative estimate of drug-likeness (QED) is 0.402. The van der Waals surface area contributed by atoms with Crippen LogP contribution in [0, 0.1) is 24.4 Å². The van der Waals surface area contributed by atoms with Crippen LogP contribution in [0.15, 0.2) is 36.7 Å². The maximum Gasteiger partial charge on any atom is 0.256 e. The molecular formula is C25H22F3N5O. The van der Waals surface area contributed by atoms with Gasteiger partial charge in [-0.15, -0.1) is 0 Å². The van der Waals surface area contributed by atoms with Gasteiger partial charge in [0, 0.05) is 36.6 Å². The predicted octanol–water partition coefficient (Wildman–Crippen LogP) is 4.75. The topological polar surface area (TPSA) is 55.4 Å². The highest BCUT2D eigenvalue weighted by atomic mass is 19.2. The minimum absolute atomic E-state index is 0.0583. The van der Waals surface area contributed by atoms with Gasteiger partial charge in [-0.05, 0) is 56.9 Å². The summed E-state index contributed by atoms with van der Waals surface area (Å²) in [5, 5.41) is 4.68. The molecule has 6 nitrogen and oxygen atoms in total. The van der Waals surface area contributed by atoms with Gasteiger partial charge in [0.15, 0.2) is 17.5 Å². The largest absolute Gasteiger partial charge is 0.327 e. The number of rotatable bonds is 2. The number of piperidine rings is 1. The molecule has 2 unspecified atom stereocenters. The molecule has 1 fully saturated rings. The third-order valence-electron chi connectivity index (χ3n) is 6.99. The summed E-state index contributed by atoms with van der Waals surface area (Å²) in [6.45, 7) is 1.91. The summed E-state index contributed by atoms with van der Waals surface area (Å²) in [6, 6.07) is 5.35. The van der Waals surface area contributed by atoms with E-state index >= 15 is 0 Å². The summed E-state index contributed by atoms with van der Waals surface area (Å²) in [4.78, 5) is 20.0. The maximum absolute atomic E-state index is 14.0. The van der Waals surface area contributed by atoms with E-state index in [1.807, 2.05) is 28.5 Å². The van der Waals surface area contributed by atoms with Crippen molar-refractivity contribution < 1.29 is 18.0 Å². The van der Waals surface area contributed by atoms with Gasteiger partial charge in [0.2, 0.25) is 0 Å². The Morgan fingerprint density at radius 1 is 1.09 bits per heavy atom. The van der Waals surface area contributed by atoms with Crippen LogP contribution < -0.4 is 0 Å². The number of benzene rings is 1. The van der Waals surface area contributed by atoms with E-state index in [4.69, 9.17) is 0 Å². The van der Waals surface area contributed by atoms with Gasteiger partial charge in [-0.2, -0.15) is 5.10 Å². The van der Waals surface area contributed by atoms with Gasteiger partial charge in [-0.1, -0.05) is 0 Å². The van der Waals surface area contributed by atoms with E-state index in [-0.39, 0.29) is 23.6 Å². The average molecular weight is 465 g/mol. The van der Waals surface area contributed by atoms with Crippen LogP contribution in [-0.2, 0) is 13.5 Å². The molecule has 6 rings (SSSR count). The Bertz CT molecular complexity index is 1450. The summed E-state index contributed by atoms with van der Waals surface area (Å²) < 4.78 is 45.0. The molecule has 1 saturated heterocycles. The smallest absolute Gasteiger partial charge is 0.256 e. The molecule has 5 heterocycles. The first-order valence-corrected chi connectivity index (χ1v) is 11.3. The van der Waals surface area contributed by atoms with E-state index in [9.17, 15) is 18.0 Å². The van der Waals surface area contributed by atoms with Crippen LogP contribution in [0.3, 0.4) is 0 Å². The van der Waals surface area contributed by atoms with E-state index in [0.717, 1.165) is 54.0 Å². The number of carbonyl (C=O) groups excluding carboxylic acids is 1. The number of halogens is 3. The second kappa shape index (κ2) is 7.44. The number of hydrogen-bond donors (Lipinski definition) is 0. The van der Waals surface area contributed by atoms with Gasteiger partial charge in [0.25, 0.3) is 5.91 Å². The molecule has 0 radical (unpaired) electrons. The number of aromatic nitrogens is 4. The molecule has 1 amide bonds. The van der Waals surface area contributed by atoms with Crippen LogP contribution in [0.2, 0.25) is 0 Å². The lowest BCUT2D eigenvalue weighted by Crippen LogP contribution is -2.49. The van der Waals surface area contributed by atoms with E-state index in [2.05, 4.69) is 10.1 Å². The Kier molecular flexibility index (Phi) is 4.59. The van der Waals surface area contributed by atoms with Crippen LogP contribution in [0.1, 0.15) is 52.6 Å². The highest BCUT2D eigenvalue weighted by Crippen LogP contribution is 2.45. The number of hydrogen-bond acceptors (Lipinski definition) is 3. The fourth-order valence-corrected chi connectivity index (χ4v) is 5.60. The molecule has 2 aliphatic heterocycles. The summed E-state index contributed by atoms with van der Waals surface area (Å²) in [5.41, 5.74) is 4.64. The Morgan fingerprint density at radius 2 is 1.85 bits per heavy atom. The Balaban J connectivity index is 1.42. The summed E-state index contributed by atoms with van der Waals surface area (Å²) in [7, 11) is 1.71. The molecule has 2 atom stereocenters. The van der Waals surface area contributed by atoms with Crippen LogP contribution in [0.4, 0.5) is 13.2 Å². The number of imidazole rings is 1. The van der Waals surface area contributed by atoms with Crippen molar-refractivity contribution >= 4 is 11.6 Å². The van der Waals surface area contributed by atoms with E-state index in [0.29, 0.717) is 17.7 Å². The second-order valence-electron chi connectivity index (χ2n) is 9.17. The third kappa shape index (κ3) is 3.06. The Hall–Kier alpha value is -3.62. The van der Waals surface area contributed by atoms with Crippen LogP contribution in [0.5, 0.6) is 0 Å². The molecule has 2 bridgehead atoms. The minimum atomic E-state index is -1.49. The first kappa shape index (κ1) is 20.9. The molecule has 3 aromatic heterocycles. The zero-order chi connectivity index (χ0) is 23.7. The number of aryl methyl sites for hydroxylation is 2. The van der Waals surface area contributed by atoms with Crippen LogP contribution >= 0.6 is 0 Å². The lowest BCUT2D eigenvalue weighted by Gasteiger charge is -2.45. The van der Waals surface area contributed by atoms with Gasteiger partial charge in [-0.25, -0.2) is 18.2 Å². The first-order valence-electron chi connectivity index (χ1n) is 11.3. The lowest BCUT2D eigenvalue weighted by molar-refractivity contribution is 0.0391. The van der Waals surface area contributed by atoms with Gasteiger partial charge in [-0.3, -0.25) is 9.48 Å². The summed E-state index contributed by atoms with van der Waals surface area (Å²) in [5.74, 6) is -4.02. The predicted molar refractivity (Wildman–Crippen MR) is 119 cm³/mol. The van der Waals surface area contributed by atoms with Crippen molar-refractivity contribution in [3.05, 3.63) is 76.6 Å². The molecule has 2 aliphatic rings. The number of nitrogens with zero attached hydrogens (tertiary/aromatic N) is 5. The van der Waals surface area contributed by atoms with E-state index in [1.165, 1.54) is 0 Å². The average Bonchev–Trinajstić information content (AvgIpc) is 3.33. The van der Waals surface area contributed by atoms with E-state index < -0.39 is 17.5 Å². The fraction of sp³-hybridized carbons (Fsp3) is 0.320. The van der Waals surface area contributed by atoms with Crippen molar-refractivity contribution in [1.29, 1.82) is 0 Å². The monoisotopic (exact) mass is 465 g/mol. The molecule has 174 valence electrons. The van der Waals surface area contributed by atoms with Gasteiger partial charge in [0.05, 0.1) is 28.7 Å². The fourth-order valence-electron chi connectivity index (χ4n) is 5.60. The number of pyridine rings is 1. The summed E-state index contributed by atoms with van der Waals surface area (Å²) >= 11 is 0. The molecule has 9 heteroatoms. The molecule has 0 N–H and O–H groups in total. The third-order valence-corrected chi connectivity index (χ3v) is 6.99. The van der Waals surface area contributed by atoms with Crippen molar-refractivity contribution in [2.45, 2.75) is 44.7 Å². The SMILES string of the molecule is Cc1cn2cc(C(=O)N3C4CCCC3c3nn(C)c(-c5cc(F)c(F)c(F)c5)c3C4)ccc2n1. The normalized spacial score (nSPS) is 19.5. The standard InChI is InChI=1S/C25H22F3N5O/c1-13-11-32-12-14(6-7-21(32)29-13)25(34)33-16-4-3-5-20(33)23-17(10-16)24(31(2)30-23)15-8-18(26)22(28)19(27)9-15/h6-9,11-12,16,20H,3-5,10H2,1-2H3. The molecule has 0 aliphatic carbocycles. The number of amides is 1. The zero-order valence-electron chi connectivity index (χ0n) is 18.7. The van der Waals surface area contributed by atoms with Crippen molar-refractivity contribution in [1.82, 2.24) is 24.1 Å².